The van der Waals surface area contributed by atoms with Crippen LogP contribution < -0.4 is 9.75 Å². The second-order valence-corrected chi connectivity index (χ2v) is 7.00. The summed E-state index contributed by atoms with van der Waals surface area (Å²) in [5.74, 6) is 0.654. The van der Waals surface area contributed by atoms with E-state index in [-0.39, 0.29) is 5.91 Å². The maximum Gasteiger partial charge on any atom is 0.247 e. The van der Waals surface area contributed by atoms with Crippen LogP contribution >= 0.6 is 15.9 Å². The number of ether oxygens (including phenoxy) is 1. The van der Waals surface area contributed by atoms with Crippen LogP contribution in [0.3, 0.4) is 0 Å². The van der Waals surface area contributed by atoms with Crippen LogP contribution in [0.1, 0.15) is 25.3 Å². The Kier molecular flexibility index (Phi) is 8.62. The molecule has 0 aromatic heterocycles. The predicted octanol–water partition coefficient (Wildman–Crippen LogP) is 6.29. The predicted molar refractivity (Wildman–Crippen MR) is 125 cm³/mol. The number of methoxy groups -OCH3 is 1. The van der Waals surface area contributed by atoms with Gasteiger partial charge >= 0.3 is 0 Å². The van der Waals surface area contributed by atoms with Crippen LogP contribution in [-0.2, 0) is 4.79 Å². The Morgan fingerprint density at radius 1 is 1.17 bits per heavy atom. The molecule has 2 aromatic rings. The molecule has 5 heteroatoms. The van der Waals surface area contributed by atoms with Gasteiger partial charge in [0.25, 0.3) is 0 Å². The summed E-state index contributed by atoms with van der Waals surface area (Å²) in [5, 5.41) is 6.24. The number of nitrogens with zero attached hydrogens (tertiary/aromatic N) is 2. The van der Waals surface area contributed by atoms with E-state index in [1.54, 1.807) is 19.3 Å². The number of amides is 1. The molecule has 0 saturated carbocycles. The molecule has 0 heterocycles. The molecule has 0 radical (unpaired) electrons. The lowest BCUT2D eigenvalue weighted by molar-refractivity contribution is -0.118. The van der Waals surface area contributed by atoms with E-state index in [0.29, 0.717) is 18.5 Å². The monoisotopic (exact) mass is 452 g/mol. The highest BCUT2D eigenvalue weighted by Gasteiger charge is 2.18. The second-order valence-electron chi connectivity index (χ2n) is 6.14. The van der Waals surface area contributed by atoms with Crippen LogP contribution in [0.25, 0.3) is 0 Å². The van der Waals surface area contributed by atoms with Gasteiger partial charge in [0, 0.05) is 17.3 Å². The highest BCUT2D eigenvalue weighted by Crippen LogP contribution is 2.28. The van der Waals surface area contributed by atoms with Gasteiger partial charge in [-0.15, -0.1) is 0 Å². The molecule has 0 aliphatic rings. The van der Waals surface area contributed by atoms with Crippen molar-refractivity contribution < 1.29 is 9.53 Å². The first-order valence-corrected chi connectivity index (χ1v) is 10.1. The fourth-order valence-corrected chi connectivity index (χ4v) is 3.11. The zero-order chi connectivity index (χ0) is 21.2. The van der Waals surface area contributed by atoms with Crippen molar-refractivity contribution in [3.63, 3.8) is 0 Å². The molecule has 0 fully saturated rings. The molecule has 1 amide bonds. The molecular formula is C24H25BrN2O2. The molecule has 0 saturated heterocycles. The van der Waals surface area contributed by atoms with Gasteiger partial charge in [-0.25, -0.2) is 0 Å². The topological polar surface area (TPSA) is 41.9 Å². The van der Waals surface area contributed by atoms with Crippen molar-refractivity contribution in [1.29, 1.82) is 0 Å². The fourth-order valence-electron chi connectivity index (χ4n) is 2.66. The van der Waals surface area contributed by atoms with Gasteiger partial charge in [-0.3, -0.25) is 4.79 Å². The minimum absolute atomic E-state index is 0.101. The number of benzene rings is 2. The third-order valence-corrected chi connectivity index (χ3v) is 4.90. The largest absolute Gasteiger partial charge is 0.497 e. The lowest BCUT2D eigenvalue weighted by atomic mass is 10.0. The Morgan fingerprint density at radius 3 is 2.41 bits per heavy atom. The van der Waals surface area contributed by atoms with Gasteiger partial charge in [0.15, 0.2) is 0 Å². The number of rotatable bonds is 9. The van der Waals surface area contributed by atoms with Gasteiger partial charge in [0.2, 0.25) is 5.91 Å². The zero-order valence-corrected chi connectivity index (χ0v) is 18.4. The third-order valence-electron chi connectivity index (χ3n) is 4.23. The van der Waals surface area contributed by atoms with Gasteiger partial charge < -0.3 is 4.74 Å². The summed E-state index contributed by atoms with van der Waals surface area (Å²) in [6, 6.07) is 15.1. The van der Waals surface area contributed by atoms with Gasteiger partial charge in [0.05, 0.1) is 18.5 Å². The van der Waals surface area contributed by atoms with Crippen molar-refractivity contribution in [2.75, 3.05) is 12.1 Å². The minimum atomic E-state index is -0.101. The molecule has 29 heavy (non-hydrogen) atoms. The van der Waals surface area contributed by atoms with E-state index in [1.165, 1.54) is 5.01 Å². The molecule has 0 spiro atoms. The highest BCUT2D eigenvalue weighted by molar-refractivity contribution is 9.10. The summed E-state index contributed by atoms with van der Waals surface area (Å²) in [4.78, 5) is 12.7. The van der Waals surface area contributed by atoms with Crippen molar-refractivity contribution in [2.45, 2.75) is 19.8 Å². The maximum atomic E-state index is 12.7. The van der Waals surface area contributed by atoms with E-state index < -0.39 is 0 Å². The maximum absolute atomic E-state index is 12.7. The first-order valence-electron chi connectivity index (χ1n) is 9.27. The summed E-state index contributed by atoms with van der Waals surface area (Å²) < 4.78 is 6.06. The van der Waals surface area contributed by atoms with Crippen molar-refractivity contribution in [1.82, 2.24) is 0 Å². The van der Waals surface area contributed by atoms with Gasteiger partial charge in [-0.1, -0.05) is 50.4 Å². The molecule has 2 rings (SSSR count). The molecule has 0 bridgehead atoms. The van der Waals surface area contributed by atoms with E-state index in [9.17, 15) is 4.79 Å². The van der Waals surface area contributed by atoms with Crippen LogP contribution in [-0.4, -0.2) is 18.7 Å². The van der Waals surface area contributed by atoms with Gasteiger partial charge in [-0.2, -0.15) is 10.1 Å². The molecule has 0 unspecified atom stereocenters. The number of carbonyl (C=O) groups is 1. The smallest absolute Gasteiger partial charge is 0.247 e. The highest BCUT2D eigenvalue weighted by atomic mass is 79.9. The minimum Gasteiger partial charge on any atom is -0.497 e. The Morgan fingerprint density at radius 2 is 1.86 bits per heavy atom. The zero-order valence-electron chi connectivity index (χ0n) is 16.8. The second kappa shape index (κ2) is 11.2. The lowest BCUT2D eigenvalue weighted by Crippen LogP contribution is -2.27. The lowest BCUT2D eigenvalue weighted by Gasteiger charge is -2.20. The summed E-state index contributed by atoms with van der Waals surface area (Å²) in [7, 11) is 1.63. The summed E-state index contributed by atoms with van der Waals surface area (Å²) in [5.41, 5.74) is 3.27. The third kappa shape index (κ3) is 6.03. The molecule has 4 nitrogen and oxygen atoms in total. The van der Waals surface area contributed by atoms with Crippen molar-refractivity contribution in [3.05, 3.63) is 95.5 Å². The molecule has 2 aromatic carbocycles. The van der Waals surface area contributed by atoms with Crippen molar-refractivity contribution in [2.24, 2.45) is 5.10 Å². The van der Waals surface area contributed by atoms with Crippen LogP contribution in [0.2, 0.25) is 0 Å². The number of halogens is 1. The summed E-state index contributed by atoms with van der Waals surface area (Å²) >= 11 is 3.53. The first kappa shape index (κ1) is 22.4. The Balaban J connectivity index is 2.61. The molecular weight excluding hydrogens is 428 g/mol. The van der Waals surface area contributed by atoms with Crippen molar-refractivity contribution in [3.8, 4) is 5.75 Å². The van der Waals surface area contributed by atoms with E-state index in [4.69, 9.17) is 9.84 Å². The molecule has 0 aliphatic heterocycles. The van der Waals surface area contributed by atoms with Crippen molar-refractivity contribution >= 4 is 33.2 Å². The number of para-hydroxylation sites is 1. The van der Waals surface area contributed by atoms with E-state index in [1.807, 2.05) is 61.5 Å². The van der Waals surface area contributed by atoms with Gasteiger partial charge in [0.1, 0.15) is 5.75 Å². The number of hydrogen-bond donors (Lipinski definition) is 0. The Hall–Kier alpha value is -2.92. The van der Waals surface area contributed by atoms with E-state index >= 15 is 0 Å². The number of hydrogen-bond acceptors (Lipinski definition) is 3. The summed E-state index contributed by atoms with van der Waals surface area (Å²) in [6.07, 6.45) is 6.20. The van der Waals surface area contributed by atoms with Gasteiger partial charge in [-0.05, 0) is 63.5 Å². The number of hydrazone groups is 1. The average Bonchev–Trinajstić information content (AvgIpc) is 2.76. The molecule has 0 atom stereocenters. The average molecular weight is 453 g/mol. The Labute approximate surface area is 181 Å². The van der Waals surface area contributed by atoms with E-state index in [0.717, 1.165) is 27.1 Å². The van der Waals surface area contributed by atoms with Crippen LogP contribution in [0.15, 0.2) is 95.1 Å². The SMILES string of the molecule is C=C/C=C(\C=C)CC(=NN(C(=O)CC)c1ccccc1Br)c1ccc(OC)cc1. The van der Waals surface area contributed by atoms with E-state index in [2.05, 4.69) is 29.1 Å². The number of allylic oxidation sites excluding steroid dienone is 4. The fraction of sp³-hybridized carbons (Fsp3) is 0.167. The number of carbonyl (C=O) groups excluding carboxylic acids is 1. The normalized spacial score (nSPS) is 11.7. The van der Waals surface area contributed by atoms with Crippen LogP contribution in [0, 0.1) is 0 Å². The van der Waals surface area contributed by atoms with Crippen LogP contribution in [0.5, 0.6) is 5.75 Å². The summed E-state index contributed by atoms with van der Waals surface area (Å²) in [6.45, 7) is 9.46. The standard InChI is InChI=1S/C24H25BrN2O2/c1-5-10-18(6-2)17-22(19-13-15-20(29-4)16-14-19)26-27(24(28)7-3)23-12-9-8-11-21(23)25/h5-6,8-16H,1-2,7,17H2,3-4H3/b18-10+,26-22?. The molecule has 150 valence electrons. The molecule has 0 aliphatic carbocycles. The number of anilines is 1. The first-order chi connectivity index (χ1) is 14.0. The molecule has 0 N–H and O–H groups in total. The Bertz CT molecular complexity index is 930. The quantitative estimate of drug-likeness (QED) is 0.254. The van der Waals surface area contributed by atoms with Crippen LogP contribution in [0.4, 0.5) is 5.69 Å².